The quantitative estimate of drug-likeness (QED) is 0.672. The van der Waals surface area contributed by atoms with Crippen LogP contribution in [0.2, 0.25) is 0 Å². The summed E-state index contributed by atoms with van der Waals surface area (Å²) in [6.45, 7) is 6.12. The number of benzene rings is 2. The van der Waals surface area contributed by atoms with Crippen LogP contribution in [0.25, 0.3) is 6.08 Å². The molecule has 1 saturated heterocycles. The third-order valence-corrected chi connectivity index (χ3v) is 5.31. The first kappa shape index (κ1) is 18.4. The Morgan fingerprint density at radius 2 is 1.69 bits per heavy atom. The van der Waals surface area contributed by atoms with Gasteiger partial charge in [-0.1, -0.05) is 68.4 Å². The van der Waals surface area contributed by atoms with Gasteiger partial charge in [0.25, 0.3) is 0 Å². The van der Waals surface area contributed by atoms with Gasteiger partial charge in [0.05, 0.1) is 0 Å². The van der Waals surface area contributed by atoms with E-state index in [0.717, 1.165) is 37.9 Å². The fourth-order valence-corrected chi connectivity index (χ4v) is 3.57. The van der Waals surface area contributed by atoms with Gasteiger partial charge in [-0.05, 0) is 53.9 Å². The summed E-state index contributed by atoms with van der Waals surface area (Å²) in [4.78, 5) is 14.4. The van der Waals surface area contributed by atoms with Crippen molar-refractivity contribution in [2.45, 2.75) is 39.0 Å². The first-order valence-corrected chi connectivity index (χ1v) is 9.72. The molecule has 136 valence electrons. The second-order valence-corrected chi connectivity index (χ2v) is 7.61. The van der Waals surface area contributed by atoms with E-state index < -0.39 is 0 Å². The minimum atomic E-state index is 0.135. The largest absolute Gasteiger partial charge is 0.339 e. The zero-order valence-corrected chi connectivity index (χ0v) is 15.9. The van der Waals surface area contributed by atoms with Gasteiger partial charge in [0.2, 0.25) is 5.91 Å². The summed E-state index contributed by atoms with van der Waals surface area (Å²) in [7, 11) is 0. The van der Waals surface area contributed by atoms with Crippen LogP contribution in [0.3, 0.4) is 0 Å². The molecule has 1 fully saturated rings. The van der Waals surface area contributed by atoms with Crippen molar-refractivity contribution in [3.8, 4) is 0 Å². The van der Waals surface area contributed by atoms with E-state index in [2.05, 4.69) is 68.4 Å². The molecule has 0 saturated carbocycles. The van der Waals surface area contributed by atoms with E-state index in [1.165, 1.54) is 11.1 Å². The monoisotopic (exact) mass is 347 g/mol. The number of nitrogens with zero attached hydrogens (tertiary/aromatic N) is 1. The normalized spacial score (nSPS) is 15.7. The summed E-state index contributed by atoms with van der Waals surface area (Å²) < 4.78 is 0. The van der Waals surface area contributed by atoms with Crippen LogP contribution >= 0.6 is 0 Å². The van der Waals surface area contributed by atoms with Gasteiger partial charge < -0.3 is 4.90 Å². The zero-order valence-electron chi connectivity index (χ0n) is 15.9. The molecule has 2 heteroatoms. The Morgan fingerprint density at radius 1 is 1.04 bits per heavy atom. The van der Waals surface area contributed by atoms with Crippen LogP contribution in [0, 0.1) is 5.92 Å². The van der Waals surface area contributed by atoms with Gasteiger partial charge in [0.15, 0.2) is 0 Å². The third-order valence-electron chi connectivity index (χ3n) is 5.31. The van der Waals surface area contributed by atoms with E-state index in [4.69, 9.17) is 0 Å². The summed E-state index contributed by atoms with van der Waals surface area (Å²) in [6, 6.07) is 19.1. The highest BCUT2D eigenvalue weighted by molar-refractivity contribution is 5.91. The molecule has 0 atom stereocenters. The number of hydrogen-bond acceptors (Lipinski definition) is 1. The SMILES string of the molecule is CC(C)c1ccc(/C=C/C(=O)N2CCC(Cc3ccccc3)CC2)cc1. The van der Waals surface area contributed by atoms with Gasteiger partial charge in [0, 0.05) is 19.2 Å². The average Bonchev–Trinajstić information content (AvgIpc) is 2.68. The number of carbonyl (C=O) groups is 1. The number of rotatable bonds is 5. The van der Waals surface area contributed by atoms with Gasteiger partial charge in [-0.15, -0.1) is 0 Å². The first-order valence-electron chi connectivity index (χ1n) is 9.72. The lowest BCUT2D eigenvalue weighted by Gasteiger charge is -2.31. The van der Waals surface area contributed by atoms with E-state index in [1.54, 1.807) is 6.08 Å². The minimum Gasteiger partial charge on any atom is -0.339 e. The topological polar surface area (TPSA) is 20.3 Å². The molecule has 1 aliphatic heterocycles. The molecule has 0 bridgehead atoms. The molecule has 1 amide bonds. The Kier molecular flexibility index (Phi) is 6.27. The molecule has 0 aromatic heterocycles. The predicted octanol–water partition coefficient (Wildman–Crippen LogP) is 5.30. The lowest BCUT2D eigenvalue weighted by Crippen LogP contribution is -2.37. The first-order chi connectivity index (χ1) is 12.6. The minimum absolute atomic E-state index is 0.135. The maximum atomic E-state index is 12.5. The zero-order chi connectivity index (χ0) is 18.4. The van der Waals surface area contributed by atoms with E-state index in [1.807, 2.05) is 11.0 Å². The molecule has 2 aromatic carbocycles. The fourth-order valence-electron chi connectivity index (χ4n) is 3.57. The molecule has 0 spiro atoms. The smallest absolute Gasteiger partial charge is 0.246 e. The van der Waals surface area contributed by atoms with Gasteiger partial charge >= 0.3 is 0 Å². The number of piperidine rings is 1. The standard InChI is InChI=1S/C24H29NO/c1-19(2)23-11-8-20(9-12-23)10-13-24(26)25-16-14-22(15-17-25)18-21-6-4-3-5-7-21/h3-13,19,22H,14-18H2,1-2H3/b13-10+. The van der Waals surface area contributed by atoms with Crippen LogP contribution in [0.5, 0.6) is 0 Å². The molecular formula is C24H29NO. The third kappa shape index (κ3) is 5.08. The van der Waals surface area contributed by atoms with Crippen LogP contribution in [0.15, 0.2) is 60.7 Å². The van der Waals surface area contributed by atoms with Crippen molar-refractivity contribution in [2.75, 3.05) is 13.1 Å². The van der Waals surface area contributed by atoms with Gasteiger partial charge in [-0.3, -0.25) is 4.79 Å². The van der Waals surface area contributed by atoms with E-state index in [0.29, 0.717) is 11.8 Å². The lowest BCUT2D eigenvalue weighted by molar-refractivity contribution is -0.127. The Morgan fingerprint density at radius 3 is 2.31 bits per heavy atom. The van der Waals surface area contributed by atoms with Crippen molar-refractivity contribution >= 4 is 12.0 Å². The van der Waals surface area contributed by atoms with Gasteiger partial charge in [-0.2, -0.15) is 0 Å². The summed E-state index contributed by atoms with van der Waals surface area (Å²) >= 11 is 0. The highest BCUT2D eigenvalue weighted by atomic mass is 16.2. The van der Waals surface area contributed by atoms with Gasteiger partial charge in [-0.25, -0.2) is 0 Å². The van der Waals surface area contributed by atoms with Crippen molar-refractivity contribution in [1.82, 2.24) is 4.90 Å². The Hall–Kier alpha value is -2.35. The van der Waals surface area contributed by atoms with Crippen molar-refractivity contribution < 1.29 is 4.79 Å². The average molecular weight is 348 g/mol. The summed E-state index contributed by atoms with van der Waals surface area (Å²) in [5, 5.41) is 0. The Bertz CT molecular complexity index is 723. The molecule has 0 radical (unpaired) electrons. The van der Waals surface area contributed by atoms with Crippen molar-refractivity contribution in [2.24, 2.45) is 5.92 Å². The molecule has 0 aliphatic carbocycles. The molecule has 0 unspecified atom stereocenters. The van der Waals surface area contributed by atoms with Crippen LogP contribution in [0.1, 0.15) is 49.3 Å². The molecule has 1 aliphatic rings. The number of amides is 1. The summed E-state index contributed by atoms with van der Waals surface area (Å²) in [5.74, 6) is 1.36. The lowest BCUT2D eigenvalue weighted by atomic mass is 9.90. The second-order valence-electron chi connectivity index (χ2n) is 7.61. The van der Waals surface area contributed by atoms with Crippen LogP contribution in [-0.2, 0) is 11.2 Å². The van der Waals surface area contributed by atoms with E-state index >= 15 is 0 Å². The molecule has 2 nitrogen and oxygen atoms in total. The fraction of sp³-hybridized carbons (Fsp3) is 0.375. The van der Waals surface area contributed by atoms with Crippen LogP contribution in [-0.4, -0.2) is 23.9 Å². The molecule has 1 heterocycles. The number of hydrogen-bond donors (Lipinski definition) is 0. The van der Waals surface area contributed by atoms with Crippen LogP contribution in [0.4, 0.5) is 0 Å². The molecule has 0 N–H and O–H groups in total. The van der Waals surface area contributed by atoms with Crippen molar-refractivity contribution in [3.63, 3.8) is 0 Å². The van der Waals surface area contributed by atoms with Gasteiger partial charge in [0.1, 0.15) is 0 Å². The Balaban J connectivity index is 1.48. The summed E-state index contributed by atoms with van der Waals surface area (Å²) in [5.41, 5.74) is 3.82. The van der Waals surface area contributed by atoms with Crippen molar-refractivity contribution in [3.05, 3.63) is 77.4 Å². The molecular weight excluding hydrogens is 318 g/mol. The number of likely N-dealkylation sites (tertiary alicyclic amines) is 1. The second kappa shape index (κ2) is 8.84. The molecule has 2 aromatic rings. The van der Waals surface area contributed by atoms with Crippen molar-refractivity contribution in [1.29, 1.82) is 0 Å². The molecule has 3 rings (SSSR count). The predicted molar refractivity (Wildman–Crippen MR) is 109 cm³/mol. The van der Waals surface area contributed by atoms with E-state index in [-0.39, 0.29) is 5.91 Å². The van der Waals surface area contributed by atoms with E-state index in [9.17, 15) is 4.79 Å². The highest BCUT2D eigenvalue weighted by Crippen LogP contribution is 2.22. The molecule has 26 heavy (non-hydrogen) atoms. The summed E-state index contributed by atoms with van der Waals surface area (Å²) in [6.07, 6.45) is 6.97. The number of carbonyl (C=O) groups excluding carboxylic acids is 1. The Labute approximate surface area is 157 Å². The van der Waals surface area contributed by atoms with Crippen LogP contribution < -0.4 is 0 Å². The maximum absolute atomic E-state index is 12.5. The highest BCUT2D eigenvalue weighted by Gasteiger charge is 2.21. The maximum Gasteiger partial charge on any atom is 0.246 e.